The maximum absolute atomic E-state index is 14.6. The summed E-state index contributed by atoms with van der Waals surface area (Å²) in [5.41, 5.74) is 1.07. The van der Waals surface area contributed by atoms with Crippen molar-refractivity contribution >= 4 is 44.9 Å². The van der Waals surface area contributed by atoms with E-state index in [-0.39, 0.29) is 23.8 Å². The highest BCUT2D eigenvalue weighted by atomic mass is 79.9. The molecule has 1 amide bonds. The fourth-order valence-electron chi connectivity index (χ4n) is 5.86. The average Bonchev–Trinajstić information content (AvgIpc) is 3.52. The second-order valence-corrected chi connectivity index (χ2v) is 10.1. The average molecular weight is 552 g/mol. The highest BCUT2D eigenvalue weighted by Crippen LogP contribution is 2.57. The van der Waals surface area contributed by atoms with Crippen molar-refractivity contribution in [2.45, 2.75) is 24.7 Å². The Morgan fingerprint density at radius 2 is 1.89 bits per heavy atom. The molecule has 0 fully saturated rings. The van der Waals surface area contributed by atoms with Crippen molar-refractivity contribution in [1.82, 2.24) is 9.55 Å². The van der Waals surface area contributed by atoms with Gasteiger partial charge in [-0.25, -0.2) is 4.98 Å². The number of pyridine rings is 1. The van der Waals surface area contributed by atoms with Gasteiger partial charge in [-0.05, 0) is 59.1 Å². The van der Waals surface area contributed by atoms with Crippen LogP contribution in [0.2, 0.25) is 0 Å². The number of benzene rings is 1. The van der Waals surface area contributed by atoms with Crippen molar-refractivity contribution in [2.24, 2.45) is 0 Å². The van der Waals surface area contributed by atoms with E-state index in [0.29, 0.717) is 53.4 Å². The van der Waals surface area contributed by atoms with E-state index < -0.39 is 5.41 Å². The van der Waals surface area contributed by atoms with Crippen LogP contribution in [0.25, 0.3) is 5.82 Å². The summed E-state index contributed by atoms with van der Waals surface area (Å²) in [6, 6.07) is 17.3. The fraction of sp³-hybridized carbons (Fsp3) is 0.172. The minimum atomic E-state index is -1.55. The SMILES string of the molecule is C=CCN1C(=O)[C@@]2(C(C#N)=C(n3cccc3)N(c3ccc(Br)cn3)C3=C2C(=O)CCC3)c2ccccc21. The van der Waals surface area contributed by atoms with Crippen molar-refractivity contribution < 1.29 is 9.59 Å². The number of allylic oxidation sites excluding steroid dienone is 1. The van der Waals surface area contributed by atoms with Gasteiger partial charge in [0.25, 0.3) is 0 Å². The zero-order chi connectivity index (χ0) is 25.7. The molecule has 1 aliphatic carbocycles. The van der Waals surface area contributed by atoms with Crippen LogP contribution in [-0.4, -0.2) is 27.8 Å². The molecule has 0 N–H and O–H groups in total. The molecule has 0 radical (unpaired) electrons. The summed E-state index contributed by atoms with van der Waals surface area (Å²) in [6.07, 6.45) is 8.57. The first-order chi connectivity index (χ1) is 18.0. The van der Waals surface area contributed by atoms with Crippen LogP contribution in [0.4, 0.5) is 11.5 Å². The van der Waals surface area contributed by atoms with Crippen LogP contribution in [0.5, 0.6) is 0 Å². The number of carbonyl (C=O) groups excluding carboxylic acids is 2. The molecule has 7 nitrogen and oxygen atoms in total. The monoisotopic (exact) mass is 551 g/mol. The maximum Gasteiger partial charge on any atom is 0.248 e. The lowest BCUT2D eigenvalue weighted by atomic mass is 9.63. The first-order valence-electron chi connectivity index (χ1n) is 12.0. The molecule has 4 heterocycles. The van der Waals surface area contributed by atoms with Crippen molar-refractivity contribution in [3.63, 3.8) is 0 Å². The van der Waals surface area contributed by atoms with E-state index in [9.17, 15) is 14.9 Å². The van der Waals surface area contributed by atoms with Gasteiger partial charge in [0.1, 0.15) is 23.1 Å². The third-order valence-electron chi connectivity index (χ3n) is 7.22. The molecule has 3 aliphatic rings. The Kier molecular flexibility index (Phi) is 5.46. The van der Waals surface area contributed by atoms with Gasteiger partial charge in [0.15, 0.2) is 5.78 Å². The summed E-state index contributed by atoms with van der Waals surface area (Å²) >= 11 is 3.45. The van der Waals surface area contributed by atoms with Crippen LogP contribution in [0, 0.1) is 11.3 Å². The predicted octanol–water partition coefficient (Wildman–Crippen LogP) is 5.34. The first kappa shape index (κ1) is 23.2. The first-order valence-corrected chi connectivity index (χ1v) is 12.8. The lowest BCUT2D eigenvalue weighted by molar-refractivity contribution is -0.124. The molecule has 2 aliphatic heterocycles. The summed E-state index contributed by atoms with van der Waals surface area (Å²) in [4.78, 5) is 36.6. The Labute approximate surface area is 222 Å². The van der Waals surface area contributed by atoms with Crippen molar-refractivity contribution in [2.75, 3.05) is 16.3 Å². The van der Waals surface area contributed by atoms with Gasteiger partial charge in [0.2, 0.25) is 5.91 Å². The number of halogens is 1. The largest absolute Gasteiger partial charge is 0.309 e. The number of Topliss-reactive ketones (excluding diaryl/α,β-unsaturated/α-hetero) is 1. The van der Waals surface area contributed by atoms with E-state index in [1.165, 1.54) is 0 Å². The van der Waals surface area contributed by atoms with Gasteiger partial charge in [-0.3, -0.25) is 14.5 Å². The highest BCUT2D eigenvalue weighted by molar-refractivity contribution is 9.10. The number of carbonyl (C=O) groups is 2. The lowest BCUT2D eigenvalue weighted by Crippen LogP contribution is -2.51. The van der Waals surface area contributed by atoms with Crippen LogP contribution in [0.3, 0.4) is 0 Å². The zero-order valence-electron chi connectivity index (χ0n) is 19.9. The Morgan fingerprint density at radius 3 is 2.59 bits per heavy atom. The molecule has 6 rings (SSSR count). The third-order valence-corrected chi connectivity index (χ3v) is 7.69. The normalized spacial score (nSPS) is 20.9. The number of nitriles is 1. The van der Waals surface area contributed by atoms with Crippen molar-refractivity contribution in [3.8, 4) is 6.07 Å². The number of nitrogens with zero attached hydrogens (tertiary/aromatic N) is 5. The minimum absolute atomic E-state index is 0.119. The van der Waals surface area contributed by atoms with Gasteiger partial charge in [0.05, 0.1) is 5.57 Å². The Bertz CT molecular complexity index is 1560. The number of ketones is 1. The fourth-order valence-corrected chi connectivity index (χ4v) is 6.09. The van der Waals surface area contributed by atoms with Crippen LogP contribution in [0.15, 0.2) is 101 Å². The second-order valence-electron chi connectivity index (χ2n) is 9.14. The molecular weight excluding hydrogens is 530 g/mol. The van der Waals surface area contributed by atoms with E-state index in [1.807, 2.05) is 70.4 Å². The van der Waals surface area contributed by atoms with Gasteiger partial charge in [-0.15, -0.1) is 6.58 Å². The van der Waals surface area contributed by atoms with Gasteiger partial charge in [-0.2, -0.15) is 5.26 Å². The summed E-state index contributed by atoms with van der Waals surface area (Å²) in [5, 5.41) is 10.8. The molecule has 0 unspecified atom stereocenters. The number of hydrogen-bond donors (Lipinski definition) is 0. The van der Waals surface area contributed by atoms with Gasteiger partial charge in [0, 0.05) is 58.5 Å². The number of aromatic nitrogens is 2. The molecule has 8 heteroatoms. The number of para-hydroxylation sites is 1. The molecule has 2 aromatic heterocycles. The third kappa shape index (κ3) is 3.14. The van der Waals surface area contributed by atoms with Crippen molar-refractivity contribution in [3.05, 3.63) is 107 Å². The van der Waals surface area contributed by atoms with E-state index in [2.05, 4.69) is 33.6 Å². The zero-order valence-corrected chi connectivity index (χ0v) is 21.5. The molecule has 1 atom stereocenters. The smallest absolute Gasteiger partial charge is 0.248 e. The Morgan fingerprint density at radius 1 is 1.11 bits per heavy atom. The molecule has 1 spiro atoms. The molecule has 0 saturated carbocycles. The van der Waals surface area contributed by atoms with E-state index in [1.54, 1.807) is 17.2 Å². The molecule has 0 saturated heterocycles. The van der Waals surface area contributed by atoms with E-state index >= 15 is 0 Å². The van der Waals surface area contributed by atoms with Gasteiger partial charge in [-0.1, -0.05) is 24.3 Å². The summed E-state index contributed by atoms with van der Waals surface area (Å²) in [6.45, 7) is 4.11. The molecule has 182 valence electrons. The maximum atomic E-state index is 14.6. The Hall–Kier alpha value is -4.22. The topological polar surface area (TPSA) is 82.2 Å². The summed E-state index contributed by atoms with van der Waals surface area (Å²) in [7, 11) is 0. The summed E-state index contributed by atoms with van der Waals surface area (Å²) in [5.74, 6) is 0.644. The molecule has 37 heavy (non-hydrogen) atoms. The Balaban J connectivity index is 1.78. The minimum Gasteiger partial charge on any atom is -0.309 e. The van der Waals surface area contributed by atoms with Gasteiger partial charge >= 0.3 is 0 Å². The van der Waals surface area contributed by atoms with E-state index in [4.69, 9.17) is 0 Å². The van der Waals surface area contributed by atoms with Crippen molar-refractivity contribution in [1.29, 1.82) is 5.26 Å². The lowest BCUT2D eigenvalue weighted by Gasteiger charge is -2.44. The number of rotatable bonds is 4. The van der Waals surface area contributed by atoms with Crippen LogP contribution in [0.1, 0.15) is 24.8 Å². The van der Waals surface area contributed by atoms with Gasteiger partial charge < -0.3 is 9.47 Å². The molecule has 1 aromatic carbocycles. The van der Waals surface area contributed by atoms with E-state index in [0.717, 1.165) is 4.47 Å². The number of hydrogen-bond acceptors (Lipinski definition) is 5. The molecule has 3 aromatic rings. The summed E-state index contributed by atoms with van der Waals surface area (Å²) < 4.78 is 2.64. The second kappa shape index (κ2) is 8.71. The number of anilines is 2. The van der Waals surface area contributed by atoms with Crippen LogP contribution >= 0.6 is 15.9 Å². The quantitative estimate of drug-likeness (QED) is 0.409. The standard InChI is InChI=1S/C29H22BrN5O2/c1-2-14-34-22-9-4-3-8-20(22)29(28(34)37)21(17-31)27(33-15-5-6-16-33)35(25-13-12-19(30)18-32-25)23-10-7-11-24(36)26(23)29/h2-6,8-9,12-13,15-16,18H,1,7,10-11,14H2/t29-/m1/s1. The number of amides is 1. The van der Waals surface area contributed by atoms with Crippen LogP contribution < -0.4 is 9.80 Å². The molecular formula is C29H22BrN5O2. The highest BCUT2D eigenvalue weighted by Gasteiger charge is 2.62. The number of fused-ring (bicyclic) bond motifs is 3. The molecule has 0 bridgehead atoms. The van der Waals surface area contributed by atoms with Crippen LogP contribution in [-0.2, 0) is 15.0 Å². The predicted molar refractivity (Wildman–Crippen MR) is 144 cm³/mol.